The van der Waals surface area contributed by atoms with E-state index in [1.165, 1.54) is 26.5 Å². The Hall–Kier alpha value is -4.79. The number of para-hydroxylation sites is 1. The minimum Gasteiger partial charge on any atom is -0.497 e. The number of benzene rings is 3. The van der Waals surface area contributed by atoms with Crippen molar-refractivity contribution in [1.82, 2.24) is 19.7 Å². The van der Waals surface area contributed by atoms with Crippen LogP contribution in [0.25, 0.3) is 27.8 Å². The van der Waals surface area contributed by atoms with Gasteiger partial charge in [0.2, 0.25) is 0 Å². The molecule has 2 heterocycles. The fourth-order valence-electron chi connectivity index (χ4n) is 4.28. The fourth-order valence-corrected chi connectivity index (χ4v) is 4.28. The highest BCUT2D eigenvalue weighted by Gasteiger charge is 2.24. The third-order valence-corrected chi connectivity index (χ3v) is 6.12. The van der Waals surface area contributed by atoms with Gasteiger partial charge in [-0.2, -0.15) is 5.10 Å². The number of hydrogen-bond acceptors (Lipinski definition) is 7. The van der Waals surface area contributed by atoms with Crippen LogP contribution in [-0.4, -0.2) is 39.9 Å². The van der Waals surface area contributed by atoms with E-state index in [1.54, 1.807) is 35.1 Å². The molecule has 3 aromatic carbocycles. The molecule has 0 aliphatic rings. The Labute approximate surface area is 212 Å². The highest BCUT2D eigenvalue weighted by molar-refractivity contribution is 5.98. The van der Waals surface area contributed by atoms with Gasteiger partial charge >= 0.3 is 5.97 Å². The van der Waals surface area contributed by atoms with Gasteiger partial charge in [0.15, 0.2) is 0 Å². The lowest BCUT2D eigenvalue weighted by molar-refractivity contribution is 0.0601. The summed E-state index contributed by atoms with van der Waals surface area (Å²) < 4.78 is 27.6. The van der Waals surface area contributed by atoms with E-state index in [9.17, 15) is 4.79 Å². The molecule has 0 aliphatic carbocycles. The largest absolute Gasteiger partial charge is 0.497 e. The second-order valence-electron chi connectivity index (χ2n) is 8.41. The van der Waals surface area contributed by atoms with Gasteiger partial charge in [-0.05, 0) is 49.7 Å². The monoisotopic (exact) mass is 497 g/mol. The molecule has 0 atom stereocenters. The molecule has 0 radical (unpaired) electrons. The van der Waals surface area contributed by atoms with Crippen molar-refractivity contribution in [2.24, 2.45) is 0 Å². The summed E-state index contributed by atoms with van der Waals surface area (Å²) in [6.45, 7) is 3.78. The van der Waals surface area contributed by atoms with Crippen LogP contribution in [0.15, 0.2) is 67.0 Å². The number of methoxy groups -OCH3 is 2. The molecule has 8 nitrogen and oxygen atoms in total. The summed E-state index contributed by atoms with van der Waals surface area (Å²) in [7, 11) is 2.83. The molecule has 0 saturated carbocycles. The maximum absolute atomic E-state index is 15.5. The van der Waals surface area contributed by atoms with Gasteiger partial charge in [-0.3, -0.25) is 9.97 Å². The molecule has 5 aromatic rings. The Morgan fingerprint density at radius 2 is 1.70 bits per heavy atom. The zero-order chi connectivity index (χ0) is 26.1. The average molecular weight is 498 g/mol. The zero-order valence-corrected chi connectivity index (χ0v) is 20.7. The van der Waals surface area contributed by atoms with E-state index in [2.05, 4.69) is 15.3 Å². The Morgan fingerprint density at radius 3 is 2.41 bits per heavy atom. The fraction of sp³-hybridized carbons (Fsp3) is 0.143. The van der Waals surface area contributed by atoms with Gasteiger partial charge < -0.3 is 14.8 Å². The summed E-state index contributed by atoms with van der Waals surface area (Å²) in [5, 5.41) is 8.11. The van der Waals surface area contributed by atoms with Crippen LogP contribution in [0.4, 0.5) is 15.9 Å². The number of esters is 1. The van der Waals surface area contributed by atoms with E-state index in [0.717, 1.165) is 11.3 Å². The molecule has 2 aromatic heterocycles. The number of carbonyl (C=O) groups is 1. The molecule has 0 amide bonds. The number of halogens is 1. The standard InChI is InChI=1S/C28H24FN5O3/c1-16-7-5-6-8-25(16)34-27(32-22-10-9-18(36-3)13-20(22)28(35)37-4)26(17(2)33-34)19-14-23-24(15-21(19)29)31-12-11-30-23/h5-15,32H,1-4H3. The second-order valence-corrected chi connectivity index (χ2v) is 8.41. The van der Waals surface area contributed by atoms with E-state index in [1.807, 2.05) is 38.1 Å². The topological polar surface area (TPSA) is 91.2 Å². The third kappa shape index (κ3) is 4.35. The van der Waals surface area contributed by atoms with Crippen molar-refractivity contribution in [2.75, 3.05) is 19.5 Å². The summed E-state index contributed by atoms with van der Waals surface area (Å²) in [5.41, 5.74) is 4.89. The predicted molar refractivity (Wildman–Crippen MR) is 139 cm³/mol. The Morgan fingerprint density at radius 1 is 0.973 bits per heavy atom. The molecule has 37 heavy (non-hydrogen) atoms. The Kier molecular flexibility index (Phi) is 6.27. The third-order valence-electron chi connectivity index (χ3n) is 6.12. The number of ether oxygens (including phenoxy) is 2. The minimum absolute atomic E-state index is 0.257. The molecule has 5 rings (SSSR count). The van der Waals surface area contributed by atoms with Crippen molar-refractivity contribution in [3.63, 3.8) is 0 Å². The van der Waals surface area contributed by atoms with Gasteiger partial charge in [0, 0.05) is 24.0 Å². The number of carbonyl (C=O) groups excluding carboxylic acids is 1. The molecule has 0 fully saturated rings. The van der Waals surface area contributed by atoms with Crippen molar-refractivity contribution >= 4 is 28.5 Å². The van der Waals surface area contributed by atoms with Gasteiger partial charge in [-0.25, -0.2) is 13.9 Å². The molecular weight excluding hydrogens is 473 g/mol. The van der Waals surface area contributed by atoms with Crippen molar-refractivity contribution < 1.29 is 18.7 Å². The number of aromatic nitrogens is 4. The second kappa shape index (κ2) is 9.69. The highest BCUT2D eigenvalue weighted by atomic mass is 19.1. The number of anilines is 2. The first-order valence-corrected chi connectivity index (χ1v) is 11.5. The number of fused-ring (bicyclic) bond motifs is 1. The first-order chi connectivity index (χ1) is 17.9. The lowest BCUT2D eigenvalue weighted by atomic mass is 10.0. The van der Waals surface area contributed by atoms with Gasteiger partial charge in [-0.15, -0.1) is 0 Å². The maximum Gasteiger partial charge on any atom is 0.340 e. The van der Waals surface area contributed by atoms with Crippen molar-refractivity contribution in [2.45, 2.75) is 13.8 Å². The predicted octanol–water partition coefficient (Wildman–Crippen LogP) is 5.78. The van der Waals surface area contributed by atoms with E-state index >= 15 is 4.39 Å². The van der Waals surface area contributed by atoms with Crippen LogP contribution < -0.4 is 10.1 Å². The number of rotatable bonds is 6. The van der Waals surface area contributed by atoms with E-state index in [4.69, 9.17) is 14.6 Å². The first-order valence-electron chi connectivity index (χ1n) is 11.5. The van der Waals surface area contributed by atoms with Crippen LogP contribution in [0, 0.1) is 19.7 Å². The lowest BCUT2D eigenvalue weighted by Gasteiger charge is -2.17. The quantitative estimate of drug-likeness (QED) is 0.298. The highest BCUT2D eigenvalue weighted by Crippen LogP contribution is 2.39. The molecular formula is C28H24FN5O3. The van der Waals surface area contributed by atoms with Crippen LogP contribution in [0.1, 0.15) is 21.6 Å². The van der Waals surface area contributed by atoms with Gasteiger partial charge in [0.25, 0.3) is 0 Å². The van der Waals surface area contributed by atoms with Gasteiger partial charge in [0.1, 0.15) is 17.4 Å². The average Bonchev–Trinajstić information content (AvgIpc) is 3.23. The smallest absolute Gasteiger partial charge is 0.340 e. The van der Waals surface area contributed by atoms with E-state index < -0.39 is 11.8 Å². The molecule has 0 aliphatic heterocycles. The maximum atomic E-state index is 15.5. The molecule has 0 spiro atoms. The van der Waals surface area contributed by atoms with Crippen molar-refractivity contribution in [1.29, 1.82) is 0 Å². The number of aryl methyl sites for hydroxylation is 2. The Bertz CT molecular complexity index is 1650. The molecule has 9 heteroatoms. The molecule has 0 unspecified atom stereocenters. The summed E-state index contributed by atoms with van der Waals surface area (Å²) in [4.78, 5) is 21.2. The number of nitrogens with one attached hydrogen (secondary N) is 1. The van der Waals surface area contributed by atoms with Crippen LogP contribution in [0.2, 0.25) is 0 Å². The SMILES string of the molecule is COC(=O)c1cc(OC)ccc1Nc1c(-c2cc3nccnc3cc2F)c(C)nn1-c1ccccc1C. The Balaban J connectivity index is 1.78. The van der Waals surface area contributed by atoms with Gasteiger partial charge in [-0.1, -0.05) is 18.2 Å². The molecule has 0 bridgehead atoms. The summed E-state index contributed by atoms with van der Waals surface area (Å²) >= 11 is 0. The number of hydrogen-bond donors (Lipinski definition) is 1. The van der Waals surface area contributed by atoms with Crippen LogP contribution in [0.5, 0.6) is 5.75 Å². The van der Waals surface area contributed by atoms with Crippen molar-refractivity contribution in [3.05, 3.63) is 89.6 Å². The number of nitrogens with zero attached hydrogens (tertiary/aromatic N) is 4. The summed E-state index contributed by atoms with van der Waals surface area (Å²) in [6.07, 6.45) is 3.08. The molecule has 186 valence electrons. The minimum atomic E-state index is -0.547. The van der Waals surface area contributed by atoms with E-state index in [0.29, 0.717) is 45.1 Å². The van der Waals surface area contributed by atoms with Crippen LogP contribution >= 0.6 is 0 Å². The normalized spacial score (nSPS) is 10.9. The van der Waals surface area contributed by atoms with Gasteiger partial charge in [0.05, 0.1) is 53.4 Å². The zero-order valence-electron chi connectivity index (χ0n) is 20.7. The molecule has 0 saturated heterocycles. The van der Waals surface area contributed by atoms with Crippen molar-refractivity contribution in [3.8, 4) is 22.6 Å². The summed E-state index contributed by atoms with van der Waals surface area (Å²) in [5.74, 6) is -0.0432. The first kappa shape index (κ1) is 23.9. The molecule has 1 N–H and O–H groups in total. The summed E-state index contributed by atoms with van der Waals surface area (Å²) in [6, 6.07) is 15.8. The lowest BCUT2D eigenvalue weighted by Crippen LogP contribution is -2.09. The van der Waals surface area contributed by atoms with Crippen LogP contribution in [-0.2, 0) is 4.74 Å². The van der Waals surface area contributed by atoms with Crippen LogP contribution in [0.3, 0.4) is 0 Å². The van der Waals surface area contributed by atoms with E-state index in [-0.39, 0.29) is 5.56 Å².